The Hall–Kier alpha value is -3.01. The molecule has 0 spiro atoms. The minimum absolute atomic E-state index is 0.0561. The number of imidazole rings is 1. The summed E-state index contributed by atoms with van der Waals surface area (Å²) in [6.45, 7) is 1.36. The molecule has 1 aliphatic heterocycles. The van der Waals surface area contributed by atoms with Crippen LogP contribution in [0, 0.1) is 11.3 Å². The van der Waals surface area contributed by atoms with Crippen molar-refractivity contribution < 1.29 is 4.79 Å². The van der Waals surface area contributed by atoms with Gasteiger partial charge in [-0.25, -0.2) is 9.97 Å². The summed E-state index contributed by atoms with van der Waals surface area (Å²) >= 11 is 0. The number of carbonyl (C=O) groups excluding carboxylic acids is 1. The van der Waals surface area contributed by atoms with Gasteiger partial charge in [-0.05, 0) is 24.5 Å². The summed E-state index contributed by atoms with van der Waals surface area (Å²) in [6, 6.07) is 3.97. The summed E-state index contributed by atoms with van der Waals surface area (Å²) in [5.41, 5.74) is 2.97. The predicted molar refractivity (Wildman–Crippen MR) is 87.1 cm³/mol. The smallest absolute Gasteiger partial charge is 0.236 e. The largest absolute Gasteiger partial charge is 0.341 e. The van der Waals surface area contributed by atoms with Crippen molar-refractivity contribution in [3.05, 3.63) is 36.4 Å². The standard InChI is InChI=1S/C17H16N6O/c18-5-3-15(24)22-8-1-2-12(11-22)13-4-6-19-14-10-21-17-20-7-9-23(17)16(13)14/h4,6-7,9-10,12H,1-3,8,11H2. The highest BCUT2D eigenvalue weighted by molar-refractivity contribution is 5.81. The van der Waals surface area contributed by atoms with Gasteiger partial charge in [-0.2, -0.15) is 5.26 Å². The first-order valence-electron chi connectivity index (χ1n) is 7.99. The Morgan fingerprint density at radius 1 is 1.33 bits per heavy atom. The van der Waals surface area contributed by atoms with Gasteiger partial charge < -0.3 is 4.90 Å². The fourth-order valence-corrected chi connectivity index (χ4v) is 3.49. The summed E-state index contributed by atoms with van der Waals surface area (Å²) < 4.78 is 1.95. The summed E-state index contributed by atoms with van der Waals surface area (Å²) in [5, 5.41) is 8.76. The number of hydrogen-bond acceptors (Lipinski definition) is 5. The second kappa shape index (κ2) is 5.89. The number of nitrogens with zero attached hydrogens (tertiary/aromatic N) is 6. The zero-order chi connectivity index (χ0) is 16.5. The van der Waals surface area contributed by atoms with Crippen molar-refractivity contribution >= 4 is 22.7 Å². The Labute approximate surface area is 138 Å². The van der Waals surface area contributed by atoms with Crippen molar-refractivity contribution in [2.75, 3.05) is 13.1 Å². The molecule has 1 atom stereocenters. The highest BCUT2D eigenvalue weighted by Crippen LogP contribution is 2.31. The van der Waals surface area contributed by atoms with E-state index in [9.17, 15) is 4.79 Å². The molecule has 1 aliphatic rings. The molecule has 3 aromatic rings. The van der Waals surface area contributed by atoms with Crippen LogP contribution in [-0.2, 0) is 4.79 Å². The number of hydrogen-bond donors (Lipinski definition) is 0. The molecule has 0 N–H and O–H groups in total. The number of aromatic nitrogens is 4. The lowest BCUT2D eigenvalue weighted by Crippen LogP contribution is -2.39. The van der Waals surface area contributed by atoms with Crippen LogP contribution in [0.5, 0.6) is 0 Å². The molecule has 0 saturated carbocycles. The number of nitriles is 1. The van der Waals surface area contributed by atoms with Crippen LogP contribution in [0.25, 0.3) is 16.8 Å². The molecule has 120 valence electrons. The van der Waals surface area contributed by atoms with E-state index < -0.39 is 0 Å². The fourth-order valence-electron chi connectivity index (χ4n) is 3.49. The Balaban J connectivity index is 1.77. The molecule has 0 aromatic carbocycles. The van der Waals surface area contributed by atoms with Crippen LogP contribution in [0.2, 0.25) is 0 Å². The number of pyridine rings is 1. The van der Waals surface area contributed by atoms with E-state index in [0.717, 1.165) is 36.0 Å². The first-order chi connectivity index (χ1) is 11.8. The highest BCUT2D eigenvalue weighted by Gasteiger charge is 2.26. The van der Waals surface area contributed by atoms with Crippen molar-refractivity contribution in [2.45, 2.75) is 25.2 Å². The lowest BCUT2D eigenvalue weighted by Gasteiger charge is -2.33. The molecule has 1 unspecified atom stereocenters. The molecule has 24 heavy (non-hydrogen) atoms. The third-order valence-corrected chi connectivity index (χ3v) is 4.59. The number of rotatable bonds is 2. The van der Waals surface area contributed by atoms with Crippen molar-refractivity contribution in [2.24, 2.45) is 0 Å². The molecule has 0 bridgehead atoms. The van der Waals surface area contributed by atoms with Crippen molar-refractivity contribution in [1.82, 2.24) is 24.3 Å². The average molecular weight is 320 g/mol. The minimum Gasteiger partial charge on any atom is -0.341 e. The van der Waals surface area contributed by atoms with Gasteiger partial charge in [0.25, 0.3) is 0 Å². The van der Waals surface area contributed by atoms with Crippen molar-refractivity contribution in [3.8, 4) is 6.07 Å². The molecule has 7 nitrogen and oxygen atoms in total. The molecule has 1 saturated heterocycles. The second-order valence-electron chi connectivity index (χ2n) is 6.00. The Kier molecular flexibility index (Phi) is 3.58. The number of amides is 1. The van der Waals surface area contributed by atoms with Gasteiger partial charge in [0.2, 0.25) is 11.7 Å². The predicted octanol–water partition coefficient (Wildman–Crippen LogP) is 1.90. The Morgan fingerprint density at radius 2 is 2.25 bits per heavy atom. The number of fused-ring (bicyclic) bond motifs is 3. The van der Waals surface area contributed by atoms with Crippen molar-refractivity contribution in [1.29, 1.82) is 5.26 Å². The monoisotopic (exact) mass is 320 g/mol. The van der Waals surface area contributed by atoms with Crippen LogP contribution >= 0.6 is 0 Å². The number of likely N-dealkylation sites (tertiary alicyclic amines) is 1. The van der Waals surface area contributed by atoms with Crippen LogP contribution in [0.3, 0.4) is 0 Å². The quantitative estimate of drug-likeness (QED) is 0.719. The third-order valence-electron chi connectivity index (χ3n) is 4.59. The van der Waals surface area contributed by atoms with Crippen LogP contribution in [-0.4, -0.2) is 43.2 Å². The topological polar surface area (TPSA) is 87.2 Å². The van der Waals surface area contributed by atoms with Crippen LogP contribution in [0.1, 0.15) is 30.7 Å². The maximum absolute atomic E-state index is 12.1. The summed E-state index contributed by atoms with van der Waals surface area (Å²) in [7, 11) is 0. The van der Waals surface area contributed by atoms with Crippen LogP contribution in [0.4, 0.5) is 0 Å². The lowest BCUT2D eigenvalue weighted by atomic mass is 9.90. The fraction of sp³-hybridized carbons (Fsp3) is 0.353. The van der Waals surface area contributed by atoms with E-state index in [1.165, 1.54) is 0 Å². The summed E-state index contributed by atoms with van der Waals surface area (Å²) in [6.07, 6.45) is 9.03. The van der Waals surface area contributed by atoms with Crippen LogP contribution < -0.4 is 0 Å². The van der Waals surface area contributed by atoms with Gasteiger partial charge in [0.15, 0.2) is 0 Å². The molecule has 0 radical (unpaired) electrons. The van der Waals surface area contributed by atoms with Gasteiger partial charge in [0.05, 0.1) is 17.8 Å². The molecular formula is C17H16N6O. The van der Waals surface area contributed by atoms with Gasteiger partial charge in [0.1, 0.15) is 11.9 Å². The maximum Gasteiger partial charge on any atom is 0.236 e. The van der Waals surface area contributed by atoms with Gasteiger partial charge in [0, 0.05) is 37.6 Å². The number of piperidine rings is 1. The Morgan fingerprint density at radius 3 is 3.12 bits per heavy atom. The molecule has 4 rings (SSSR count). The minimum atomic E-state index is -0.0880. The van der Waals surface area contributed by atoms with E-state index in [2.05, 4.69) is 15.0 Å². The maximum atomic E-state index is 12.1. The SMILES string of the molecule is N#CCC(=O)N1CCCC(c2ccnc3cnc4nccn4c23)C1. The van der Waals surface area contributed by atoms with E-state index >= 15 is 0 Å². The summed E-state index contributed by atoms with van der Waals surface area (Å²) in [4.78, 5) is 26.9. The van der Waals surface area contributed by atoms with E-state index in [1.807, 2.05) is 22.7 Å². The van der Waals surface area contributed by atoms with Gasteiger partial charge in [-0.1, -0.05) is 0 Å². The average Bonchev–Trinajstić information content (AvgIpc) is 3.10. The van der Waals surface area contributed by atoms with Gasteiger partial charge >= 0.3 is 0 Å². The molecule has 4 heterocycles. The zero-order valence-electron chi connectivity index (χ0n) is 13.1. The van der Waals surface area contributed by atoms with Crippen molar-refractivity contribution in [3.63, 3.8) is 0 Å². The lowest BCUT2D eigenvalue weighted by molar-refractivity contribution is -0.131. The Bertz CT molecular complexity index is 957. The van der Waals surface area contributed by atoms with Gasteiger partial charge in [-0.15, -0.1) is 0 Å². The van der Waals surface area contributed by atoms with E-state index in [4.69, 9.17) is 5.26 Å². The number of carbonyl (C=O) groups is 1. The second-order valence-corrected chi connectivity index (χ2v) is 6.00. The summed E-state index contributed by atoms with van der Waals surface area (Å²) in [5.74, 6) is 0.778. The normalized spacial score (nSPS) is 18.0. The first-order valence-corrected chi connectivity index (χ1v) is 7.99. The van der Waals surface area contributed by atoms with E-state index in [-0.39, 0.29) is 18.2 Å². The van der Waals surface area contributed by atoms with Crippen LogP contribution in [0.15, 0.2) is 30.9 Å². The molecular weight excluding hydrogens is 304 g/mol. The highest BCUT2D eigenvalue weighted by atomic mass is 16.2. The molecule has 3 aromatic heterocycles. The van der Waals surface area contributed by atoms with E-state index in [1.54, 1.807) is 23.5 Å². The van der Waals surface area contributed by atoms with E-state index in [0.29, 0.717) is 12.3 Å². The molecule has 0 aliphatic carbocycles. The van der Waals surface area contributed by atoms with Gasteiger partial charge in [-0.3, -0.25) is 14.2 Å². The first kappa shape index (κ1) is 14.6. The third kappa shape index (κ3) is 2.36. The zero-order valence-corrected chi connectivity index (χ0v) is 13.1. The molecule has 7 heteroatoms. The molecule has 1 fully saturated rings. The molecule has 1 amide bonds.